The second-order valence-electron chi connectivity index (χ2n) is 7.78. The maximum atomic E-state index is 13.8. The lowest BCUT2D eigenvalue weighted by atomic mass is 9.66. The molecule has 15 heteroatoms. The monoisotopic (exact) mass is 500 g/mol. The molecule has 1 saturated carbocycles. The highest BCUT2D eigenvalue weighted by Crippen LogP contribution is 2.59. The van der Waals surface area contributed by atoms with Gasteiger partial charge < -0.3 is 9.84 Å². The van der Waals surface area contributed by atoms with E-state index in [0.717, 1.165) is 6.92 Å². The fourth-order valence-electron chi connectivity index (χ4n) is 3.81. The van der Waals surface area contributed by atoms with Crippen molar-refractivity contribution < 1.29 is 67.3 Å². The zero-order valence-corrected chi connectivity index (χ0v) is 16.6. The SMILES string of the molecule is CCC(C)C(=O)OC(C1CCCC(C(O)(C(F)(F)F)C(F)(F)F)C1)(C(F)(F)F)C(F)(F)F. The number of carbonyl (C=O) groups excluding carboxylic acids is 1. The van der Waals surface area contributed by atoms with E-state index >= 15 is 0 Å². The van der Waals surface area contributed by atoms with Gasteiger partial charge in [0.25, 0.3) is 5.60 Å². The summed E-state index contributed by atoms with van der Waals surface area (Å²) in [4.78, 5) is 11.9. The van der Waals surface area contributed by atoms with Crippen molar-refractivity contribution in [3.8, 4) is 0 Å². The van der Waals surface area contributed by atoms with E-state index in [9.17, 15) is 62.6 Å². The number of hydrogen-bond acceptors (Lipinski definition) is 3. The molecule has 3 unspecified atom stereocenters. The molecule has 0 aromatic rings. The molecule has 1 aliphatic rings. The quantitative estimate of drug-likeness (QED) is 0.367. The second kappa shape index (κ2) is 8.75. The van der Waals surface area contributed by atoms with Crippen LogP contribution in [0.25, 0.3) is 0 Å². The Kier molecular flexibility index (Phi) is 7.82. The molecule has 0 amide bonds. The van der Waals surface area contributed by atoms with Crippen LogP contribution in [0.2, 0.25) is 0 Å². The topological polar surface area (TPSA) is 46.5 Å². The van der Waals surface area contributed by atoms with E-state index < -0.39 is 85.3 Å². The van der Waals surface area contributed by atoms with E-state index in [1.807, 2.05) is 0 Å². The van der Waals surface area contributed by atoms with Gasteiger partial charge in [-0.3, -0.25) is 4.79 Å². The number of alkyl halides is 12. The summed E-state index contributed by atoms with van der Waals surface area (Å²) in [5, 5.41) is 9.49. The standard InChI is InChI=1S/C17H20F12O3/c1-3-8(2)11(30)32-13(16(24,25)26,17(27,28)29)10-6-4-5-9(7-10)12(31,14(18,19)20)15(21,22)23/h8-10,31H,3-7H2,1-2H3. The third-order valence-corrected chi connectivity index (χ3v) is 5.82. The number of rotatable bonds is 5. The molecule has 1 fully saturated rings. The van der Waals surface area contributed by atoms with Crippen LogP contribution < -0.4 is 0 Å². The van der Waals surface area contributed by atoms with Gasteiger partial charge in [-0.1, -0.05) is 20.3 Å². The Morgan fingerprint density at radius 3 is 1.59 bits per heavy atom. The zero-order valence-electron chi connectivity index (χ0n) is 16.6. The van der Waals surface area contributed by atoms with Crippen LogP contribution >= 0.6 is 0 Å². The van der Waals surface area contributed by atoms with Gasteiger partial charge in [-0.2, -0.15) is 52.7 Å². The number of hydrogen-bond donors (Lipinski definition) is 1. The smallest absolute Gasteiger partial charge is 0.437 e. The van der Waals surface area contributed by atoms with Crippen molar-refractivity contribution in [3.63, 3.8) is 0 Å². The molecule has 0 aliphatic heterocycles. The van der Waals surface area contributed by atoms with E-state index in [1.165, 1.54) is 6.92 Å². The third kappa shape index (κ3) is 4.76. The summed E-state index contributed by atoms with van der Waals surface area (Å²) >= 11 is 0. The number of carbonyl (C=O) groups is 1. The number of esters is 1. The van der Waals surface area contributed by atoms with E-state index in [0.29, 0.717) is 0 Å². The van der Waals surface area contributed by atoms with Crippen LogP contribution in [0, 0.1) is 17.8 Å². The predicted octanol–water partition coefficient (Wildman–Crippen LogP) is 6.10. The molecule has 0 bridgehead atoms. The normalized spacial score (nSPS) is 23.1. The van der Waals surface area contributed by atoms with Gasteiger partial charge in [0, 0.05) is 11.8 Å². The van der Waals surface area contributed by atoms with Crippen LogP contribution in [0.5, 0.6) is 0 Å². The molecular weight excluding hydrogens is 480 g/mol. The van der Waals surface area contributed by atoms with Gasteiger partial charge in [0.15, 0.2) is 0 Å². The van der Waals surface area contributed by atoms with Gasteiger partial charge in [0.05, 0.1) is 5.92 Å². The molecule has 0 heterocycles. The molecule has 0 radical (unpaired) electrons. The Labute approximate surface area is 174 Å². The molecule has 3 atom stereocenters. The summed E-state index contributed by atoms with van der Waals surface area (Å²) in [6.45, 7) is 2.17. The molecule has 1 N–H and O–H groups in total. The number of halogens is 12. The fourth-order valence-corrected chi connectivity index (χ4v) is 3.81. The maximum Gasteiger partial charge on any atom is 0.437 e. The molecule has 190 valence electrons. The first-order valence-electron chi connectivity index (χ1n) is 9.30. The highest BCUT2D eigenvalue weighted by molar-refractivity contribution is 5.72. The lowest BCUT2D eigenvalue weighted by Gasteiger charge is -2.48. The zero-order chi connectivity index (χ0) is 25.6. The first-order valence-corrected chi connectivity index (χ1v) is 9.30. The lowest BCUT2D eigenvalue weighted by Crippen LogP contribution is -2.67. The fraction of sp³-hybridized carbons (Fsp3) is 0.941. The van der Waals surface area contributed by atoms with Gasteiger partial charge in [-0.25, -0.2) is 0 Å². The summed E-state index contributed by atoms with van der Waals surface area (Å²) in [5.41, 5.74) is -10.9. The molecule has 0 aromatic carbocycles. The summed E-state index contributed by atoms with van der Waals surface area (Å²) in [5.74, 6) is -9.58. The van der Waals surface area contributed by atoms with Crippen LogP contribution in [0.3, 0.4) is 0 Å². The molecule has 32 heavy (non-hydrogen) atoms. The van der Waals surface area contributed by atoms with Crippen molar-refractivity contribution in [1.29, 1.82) is 0 Å². The minimum atomic E-state index is -6.44. The Bertz CT molecular complexity index is 634. The highest BCUT2D eigenvalue weighted by atomic mass is 19.4. The third-order valence-electron chi connectivity index (χ3n) is 5.82. The van der Waals surface area contributed by atoms with Gasteiger partial charge in [0.1, 0.15) is 0 Å². The highest BCUT2D eigenvalue weighted by Gasteiger charge is 2.80. The minimum absolute atomic E-state index is 0.250. The molecule has 1 aliphatic carbocycles. The lowest BCUT2D eigenvalue weighted by molar-refractivity contribution is -0.403. The Morgan fingerprint density at radius 1 is 0.844 bits per heavy atom. The van der Waals surface area contributed by atoms with Crippen LogP contribution in [0.15, 0.2) is 0 Å². The van der Waals surface area contributed by atoms with Gasteiger partial charge in [-0.05, 0) is 25.7 Å². The largest absolute Gasteiger partial charge is 0.439 e. The average Bonchev–Trinajstić information content (AvgIpc) is 2.60. The van der Waals surface area contributed by atoms with Crippen molar-refractivity contribution in [1.82, 2.24) is 0 Å². The molecule has 3 nitrogen and oxygen atoms in total. The van der Waals surface area contributed by atoms with Crippen LogP contribution in [0.1, 0.15) is 46.0 Å². The summed E-state index contributed by atoms with van der Waals surface area (Å²) in [6, 6.07) is 0. The van der Waals surface area contributed by atoms with E-state index in [-0.39, 0.29) is 6.42 Å². The first kappa shape index (κ1) is 28.6. The van der Waals surface area contributed by atoms with Gasteiger partial charge in [0.2, 0.25) is 0 Å². The van der Waals surface area contributed by atoms with E-state index in [1.54, 1.807) is 0 Å². The molecular formula is C17H20F12O3. The summed E-state index contributed by atoms with van der Waals surface area (Å²) in [6.07, 6.45) is -31.2. The molecule has 0 spiro atoms. The van der Waals surface area contributed by atoms with Crippen molar-refractivity contribution in [3.05, 3.63) is 0 Å². The maximum absolute atomic E-state index is 13.8. The minimum Gasteiger partial charge on any atom is -0.439 e. The predicted molar refractivity (Wildman–Crippen MR) is 82.9 cm³/mol. The second-order valence-corrected chi connectivity index (χ2v) is 7.78. The van der Waals surface area contributed by atoms with Crippen molar-refractivity contribution in [2.24, 2.45) is 17.8 Å². The van der Waals surface area contributed by atoms with Crippen LogP contribution in [0.4, 0.5) is 52.7 Å². The Balaban J connectivity index is 3.63. The van der Waals surface area contributed by atoms with Gasteiger partial charge in [-0.15, -0.1) is 0 Å². The summed E-state index contributed by atoms with van der Waals surface area (Å²) in [7, 11) is 0. The van der Waals surface area contributed by atoms with E-state index in [4.69, 9.17) is 0 Å². The Morgan fingerprint density at radius 2 is 1.25 bits per heavy atom. The molecule has 1 rings (SSSR count). The van der Waals surface area contributed by atoms with Crippen LogP contribution in [-0.2, 0) is 9.53 Å². The van der Waals surface area contributed by atoms with Crippen LogP contribution in [-0.4, -0.2) is 47.0 Å². The van der Waals surface area contributed by atoms with Crippen molar-refractivity contribution in [2.75, 3.05) is 0 Å². The number of ether oxygens (including phenoxy) is 1. The van der Waals surface area contributed by atoms with E-state index in [2.05, 4.69) is 4.74 Å². The number of aliphatic hydroxyl groups is 1. The first-order chi connectivity index (χ1) is 14.1. The molecule has 0 aromatic heterocycles. The van der Waals surface area contributed by atoms with Gasteiger partial charge >= 0.3 is 36.3 Å². The van der Waals surface area contributed by atoms with Crippen molar-refractivity contribution in [2.45, 2.75) is 81.9 Å². The van der Waals surface area contributed by atoms with Crippen molar-refractivity contribution >= 4 is 5.97 Å². The average molecular weight is 500 g/mol. The molecule has 0 saturated heterocycles. The summed E-state index contributed by atoms with van der Waals surface area (Å²) < 4.78 is 165. The Hall–Kier alpha value is -1.41.